The van der Waals surface area contributed by atoms with Gasteiger partial charge in [-0.1, -0.05) is 68.8 Å². The van der Waals surface area contributed by atoms with Crippen LogP contribution in [0.1, 0.15) is 31.4 Å². The second-order valence-electron chi connectivity index (χ2n) is 7.36. The lowest BCUT2D eigenvalue weighted by molar-refractivity contribution is -0.157. The molecule has 0 aliphatic carbocycles. The molecule has 0 N–H and O–H groups in total. The van der Waals surface area contributed by atoms with E-state index in [1.54, 1.807) is 23.3 Å². The summed E-state index contributed by atoms with van der Waals surface area (Å²) < 4.78 is 6.72. The average molecular weight is 410 g/mol. The molecule has 0 aliphatic rings. The van der Waals surface area contributed by atoms with Gasteiger partial charge in [-0.3, -0.25) is 4.79 Å². The third kappa shape index (κ3) is 5.04. The van der Waals surface area contributed by atoms with Crippen molar-refractivity contribution in [2.45, 2.75) is 39.3 Å². The second kappa shape index (κ2) is 9.70. The number of rotatable bonds is 8. The second-order valence-corrected chi connectivity index (χ2v) is 8.27. The minimum atomic E-state index is -0.596. The topological polar surface area (TPSA) is 46.6 Å². The Balaban J connectivity index is 1.71. The first-order valence-electron chi connectivity index (χ1n) is 9.92. The third-order valence-corrected chi connectivity index (χ3v) is 6.37. The Morgan fingerprint density at radius 2 is 1.76 bits per heavy atom. The smallest absolute Gasteiger partial charge is 0.329 e. The molecule has 3 aromatic rings. The zero-order valence-electron chi connectivity index (χ0n) is 17.1. The van der Waals surface area contributed by atoms with E-state index in [2.05, 4.69) is 6.07 Å². The molecule has 0 unspecified atom stereocenters. The van der Waals surface area contributed by atoms with Gasteiger partial charge < -0.3 is 9.64 Å². The summed E-state index contributed by atoms with van der Waals surface area (Å²) in [5, 5.41) is 3.13. The number of thiophene rings is 1. The van der Waals surface area contributed by atoms with Crippen LogP contribution < -0.4 is 0 Å². The van der Waals surface area contributed by atoms with Gasteiger partial charge in [-0.2, -0.15) is 0 Å². The number of hydrogen-bond donors (Lipinski definition) is 0. The molecule has 2 aromatic carbocycles. The summed E-state index contributed by atoms with van der Waals surface area (Å²) in [6, 6.07) is 17.1. The minimum Gasteiger partial charge on any atom is -0.459 e. The van der Waals surface area contributed by atoms with Crippen molar-refractivity contribution in [3.8, 4) is 0 Å². The molecule has 0 aliphatic heterocycles. The van der Waals surface area contributed by atoms with Crippen LogP contribution in [0.15, 0.2) is 60.0 Å². The van der Waals surface area contributed by atoms with E-state index < -0.39 is 6.04 Å². The van der Waals surface area contributed by atoms with Gasteiger partial charge in [-0.25, -0.2) is 4.79 Å². The Morgan fingerprint density at radius 3 is 2.48 bits per heavy atom. The fourth-order valence-electron chi connectivity index (χ4n) is 3.42. The third-order valence-electron chi connectivity index (χ3n) is 5.36. The number of ether oxygens (including phenoxy) is 1. The Kier molecular flexibility index (Phi) is 7.04. The summed E-state index contributed by atoms with van der Waals surface area (Å²) in [6.07, 6.45) is 1.06. The van der Waals surface area contributed by atoms with Crippen molar-refractivity contribution in [3.63, 3.8) is 0 Å². The van der Waals surface area contributed by atoms with Gasteiger partial charge in [-0.15, -0.1) is 11.3 Å². The predicted octanol–water partition coefficient (Wildman–Crippen LogP) is 5.06. The Labute approximate surface area is 176 Å². The van der Waals surface area contributed by atoms with Gasteiger partial charge >= 0.3 is 5.97 Å². The molecular weight excluding hydrogens is 382 g/mol. The highest BCUT2D eigenvalue weighted by Crippen LogP contribution is 2.27. The lowest BCUT2D eigenvalue weighted by Crippen LogP contribution is -2.47. The van der Waals surface area contributed by atoms with Crippen molar-refractivity contribution in [2.24, 2.45) is 5.92 Å². The first kappa shape index (κ1) is 21.1. The molecule has 1 aromatic heterocycles. The van der Waals surface area contributed by atoms with Crippen LogP contribution in [0.3, 0.4) is 0 Å². The number of benzene rings is 2. The Bertz CT molecular complexity index is 966. The van der Waals surface area contributed by atoms with Crippen LogP contribution in [0.25, 0.3) is 10.1 Å². The van der Waals surface area contributed by atoms with Crippen molar-refractivity contribution in [3.05, 3.63) is 71.1 Å². The lowest BCUT2D eigenvalue weighted by Gasteiger charge is -2.30. The van der Waals surface area contributed by atoms with E-state index in [0.29, 0.717) is 0 Å². The standard InChI is InChI=1S/C24H27NO3S/c1-4-17(2)23(24(27)28-15-18-10-6-5-7-11-18)25(3)22(26)14-19-16-29-21-13-9-8-12-20(19)21/h5-13,16-17,23H,4,14-15H2,1-3H3/t17-,23-/m0/s1. The highest BCUT2D eigenvalue weighted by Gasteiger charge is 2.32. The summed E-state index contributed by atoms with van der Waals surface area (Å²) in [5.41, 5.74) is 1.94. The fraction of sp³-hybridized carbons (Fsp3) is 0.333. The molecule has 0 fully saturated rings. The van der Waals surface area contributed by atoms with E-state index in [-0.39, 0.29) is 30.8 Å². The predicted molar refractivity (Wildman–Crippen MR) is 118 cm³/mol. The van der Waals surface area contributed by atoms with Crippen LogP contribution >= 0.6 is 11.3 Å². The van der Waals surface area contributed by atoms with E-state index in [0.717, 1.165) is 22.9 Å². The summed E-state index contributed by atoms with van der Waals surface area (Å²) in [7, 11) is 1.71. The van der Waals surface area contributed by atoms with Gasteiger partial charge in [0.2, 0.25) is 5.91 Å². The zero-order chi connectivity index (χ0) is 20.8. The fourth-order valence-corrected chi connectivity index (χ4v) is 4.38. The Hall–Kier alpha value is -2.66. The molecule has 4 nitrogen and oxygen atoms in total. The first-order chi connectivity index (χ1) is 14.0. The number of nitrogens with zero attached hydrogens (tertiary/aromatic N) is 1. The Morgan fingerprint density at radius 1 is 1.07 bits per heavy atom. The average Bonchev–Trinajstić information content (AvgIpc) is 3.15. The molecule has 152 valence electrons. The number of fused-ring (bicyclic) bond motifs is 1. The van der Waals surface area contributed by atoms with Gasteiger partial charge in [0.25, 0.3) is 0 Å². The number of hydrogen-bond acceptors (Lipinski definition) is 4. The largest absolute Gasteiger partial charge is 0.459 e. The minimum absolute atomic E-state index is 0.00597. The molecule has 3 rings (SSSR count). The van der Waals surface area contributed by atoms with E-state index in [4.69, 9.17) is 4.74 Å². The highest BCUT2D eigenvalue weighted by molar-refractivity contribution is 7.17. The van der Waals surface area contributed by atoms with Crippen molar-refractivity contribution >= 4 is 33.3 Å². The van der Waals surface area contributed by atoms with Crippen molar-refractivity contribution in [2.75, 3.05) is 7.05 Å². The molecule has 0 radical (unpaired) electrons. The van der Waals surface area contributed by atoms with E-state index in [1.807, 2.05) is 67.8 Å². The van der Waals surface area contributed by atoms with Crippen LogP contribution in [0, 0.1) is 5.92 Å². The van der Waals surface area contributed by atoms with Crippen LogP contribution in [0.5, 0.6) is 0 Å². The highest BCUT2D eigenvalue weighted by atomic mass is 32.1. The normalized spacial score (nSPS) is 13.1. The molecule has 0 bridgehead atoms. The molecular formula is C24H27NO3S. The van der Waals surface area contributed by atoms with Crippen LogP contribution in [-0.4, -0.2) is 29.9 Å². The maximum atomic E-state index is 13.0. The molecule has 1 amide bonds. The molecule has 5 heteroatoms. The number of amides is 1. The molecule has 0 spiro atoms. The van der Waals surface area contributed by atoms with Crippen LogP contribution in [-0.2, 0) is 27.4 Å². The maximum absolute atomic E-state index is 13.0. The van der Waals surface area contributed by atoms with Gasteiger partial charge in [0, 0.05) is 11.7 Å². The van der Waals surface area contributed by atoms with E-state index >= 15 is 0 Å². The quantitative estimate of drug-likeness (QED) is 0.489. The molecule has 1 heterocycles. The maximum Gasteiger partial charge on any atom is 0.329 e. The van der Waals surface area contributed by atoms with E-state index in [1.165, 1.54) is 4.70 Å². The molecule has 2 atom stereocenters. The van der Waals surface area contributed by atoms with Gasteiger partial charge in [-0.05, 0) is 33.9 Å². The monoisotopic (exact) mass is 409 g/mol. The summed E-state index contributed by atoms with van der Waals surface area (Å²) in [4.78, 5) is 27.4. The van der Waals surface area contributed by atoms with Crippen molar-refractivity contribution < 1.29 is 14.3 Å². The zero-order valence-corrected chi connectivity index (χ0v) is 17.9. The van der Waals surface area contributed by atoms with Gasteiger partial charge in [0.1, 0.15) is 12.6 Å². The summed E-state index contributed by atoms with van der Waals surface area (Å²) in [6.45, 7) is 4.22. The number of esters is 1. The van der Waals surface area contributed by atoms with Crippen molar-refractivity contribution in [1.82, 2.24) is 4.90 Å². The summed E-state index contributed by atoms with van der Waals surface area (Å²) >= 11 is 1.64. The van der Waals surface area contributed by atoms with Crippen LogP contribution in [0.2, 0.25) is 0 Å². The molecule has 0 saturated carbocycles. The lowest BCUT2D eigenvalue weighted by atomic mass is 9.97. The number of carbonyl (C=O) groups excluding carboxylic acids is 2. The van der Waals surface area contributed by atoms with Gasteiger partial charge in [0.15, 0.2) is 0 Å². The van der Waals surface area contributed by atoms with Gasteiger partial charge in [0.05, 0.1) is 6.42 Å². The first-order valence-corrected chi connectivity index (χ1v) is 10.8. The van der Waals surface area contributed by atoms with Crippen LogP contribution in [0.4, 0.5) is 0 Å². The van der Waals surface area contributed by atoms with Crippen molar-refractivity contribution in [1.29, 1.82) is 0 Å². The molecule has 29 heavy (non-hydrogen) atoms. The number of carbonyl (C=O) groups is 2. The summed E-state index contributed by atoms with van der Waals surface area (Å²) in [5.74, 6) is -0.420. The SMILES string of the molecule is CC[C@H](C)[C@@H](C(=O)OCc1ccccc1)N(C)C(=O)Cc1csc2ccccc12. The number of likely N-dealkylation sites (N-methyl/N-ethyl adjacent to an activating group) is 1. The van der Waals surface area contributed by atoms with E-state index in [9.17, 15) is 9.59 Å². The molecule has 0 saturated heterocycles.